The first kappa shape index (κ1) is 17.3. The van der Waals surface area contributed by atoms with Crippen LogP contribution >= 0.6 is 15.9 Å². The standard InChI is InChI=1S/C14H14BrFO5/c1-3-20-13(18)11(14(19)21-4-2)12(17)10-8(15)6-5-7-9(10)16/h5-7,11H,3-4H2,1-2H3. The Kier molecular flexibility index (Phi) is 6.48. The third-order valence-corrected chi connectivity index (χ3v) is 3.18. The number of rotatable bonds is 6. The van der Waals surface area contributed by atoms with Crippen LogP contribution in [-0.4, -0.2) is 30.9 Å². The van der Waals surface area contributed by atoms with E-state index in [2.05, 4.69) is 15.9 Å². The van der Waals surface area contributed by atoms with Crippen molar-refractivity contribution in [3.05, 3.63) is 34.1 Å². The largest absolute Gasteiger partial charge is 0.465 e. The molecule has 0 saturated carbocycles. The number of ether oxygens (including phenoxy) is 2. The Morgan fingerprint density at radius 2 is 1.67 bits per heavy atom. The molecule has 7 heteroatoms. The molecule has 0 heterocycles. The van der Waals surface area contributed by atoms with Gasteiger partial charge in [0.25, 0.3) is 0 Å². The van der Waals surface area contributed by atoms with Crippen molar-refractivity contribution in [3.8, 4) is 0 Å². The van der Waals surface area contributed by atoms with Crippen molar-refractivity contribution >= 4 is 33.7 Å². The molecule has 0 radical (unpaired) electrons. The number of hydrogen-bond donors (Lipinski definition) is 0. The molecule has 0 aliphatic heterocycles. The van der Waals surface area contributed by atoms with Crippen LogP contribution in [0, 0.1) is 11.7 Å². The molecule has 0 aromatic heterocycles. The lowest BCUT2D eigenvalue weighted by atomic mass is 9.97. The summed E-state index contributed by atoms with van der Waals surface area (Å²) in [7, 11) is 0. The van der Waals surface area contributed by atoms with Gasteiger partial charge in [-0.2, -0.15) is 0 Å². The molecule has 1 rings (SSSR count). The van der Waals surface area contributed by atoms with Gasteiger partial charge < -0.3 is 9.47 Å². The van der Waals surface area contributed by atoms with Crippen LogP contribution in [0.1, 0.15) is 24.2 Å². The number of Topliss-reactive ketones (excluding diaryl/α,β-unsaturated/α-hetero) is 1. The molecular weight excluding hydrogens is 347 g/mol. The zero-order valence-electron chi connectivity index (χ0n) is 11.5. The molecule has 114 valence electrons. The predicted octanol–water partition coefficient (Wildman–Crippen LogP) is 2.51. The first-order valence-electron chi connectivity index (χ1n) is 6.25. The fourth-order valence-electron chi connectivity index (χ4n) is 1.64. The summed E-state index contributed by atoms with van der Waals surface area (Å²) in [6.45, 7) is 3.04. The lowest BCUT2D eigenvalue weighted by Crippen LogP contribution is -2.35. The van der Waals surface area contributed by atoms with Crippen molar-refractivity contribution in [2.45, 2.75) is 13.8 Å². The fourth-order valence-corrected chi connectivity index (χ4v) is 2.18. The Morgan fingerprint density at radius 3 is 2.10 bits per heavy atom. The van der Waals surface area contributed by atoms with Gasteiger partial charge in [-0.15, -0.1) is 0 Å². The van der Waals surface area contributed by atoms with Gasteiger partial charge in [-0.3, -0.25) is 14.4 Å². The topological polar surface area (TPSA) is 69.7 Å². The Hall–Kier alpha value is -1.76. The van der Waals surface area contributed by atoms with Crippen molar-refractivity contribution < 1.29 is 28.2 Å². The average molecular weight is 361 g/mol. The summed E-state index contributed by atoms with van der Waals surface area (Å²) in [6.07, 6.45) is 0. The van der Waals surface area contributed by atoms with E-state index in [1.165, 1.54) is 26.0 Å². The minimum atomic E-state index is -1.84. The maximum absolute atomic E-state index is 13.8. The summed E-state index contributed by atoms with van der Waals surface area (Å²) in [5.74, 6) is -5.80. The average Bonchev–Trinajstić information content (AvgIpc) is 2.39. The molecule has 5 nitrogen and oxygen atoms in total. The minimum absolute atomic E-state index is 0.0134. The molecule has 0 bridgehead atoms. The highest BCUT2D eigenvalue weighted by molar-refractivity contribution is 9.10. The number of hydrogen-bond acceptors (Lipinski definition) is 5. The molecule has 0 amide bonds. The molecule has 0 atom stereocenters. The molecule has 0 spiro atoms. The third kappa shape index (κ3) is 4.10. The molecule has 21 heavy (non-hydrogen) atoms. The zero-order valence-corrected chi connectivity index (χ0v) is 13.1. The Balaban J connectivity index is 3.22. The lowest BCUT2D eigenvalue weighted by molar-refractivity contribution is -0.158. The van der Waals surface area contributed by atoms with Gasteiger partial charge in [0.05, 0.1) is 18.8 Å². The highest BCUT2D eigenvalue weighted by Gasteiger charge is 2.39. The monoisotopic (exact) mass is 360 g/mol. The van der Waals surface area contributed by atoms with Gasteiger partial charge in [0, 0.05) is 4.47 Å². The number of carbonyl (C=O) groups excluding carboxylic acids is 3. The zero-order chi connectivity index (χ0) is 16.0. The van der Waals surface area contributed by atoms with E-state index in [9.17, 15) is 18.8 Å². The van der Waals surface area contributed by atoms with Crippen LogP contribution in [0.5, 0.6) is 0 Å². The van der Waals surface area contributed by atoms with Crippen LogP contribution in [-0.2, 0) is 19.1 Å². The summed E-state index contributed by atoms with van der Waals surface area (Å²) in [4.78, 5) is 36.0. The summed E-state index contributed by atoms with van der Waals surface area (Å²) < 4.78 is 23.3. The van der Waals surface area contributed by atoms with Crippen molar-refractivity contribution in [3.63, 3.8) is 0 Å². The molecule has 0 aliphatic rings. The van der Waals surface area contributed by atoms with E-state index in [0.717, 1.165) is 6.07 Å². The number of ketones is 1. The van der Waals surface area contributed by atoms with Gasteiger partial charge in [-0.25, -0.2) is 4.39 Å². The number of carbonyl (C=O) groups is 3. The third-order valence-electron chi connectivity index (χ3n) is 2.52. The molecule has 1 aromatic rings. The Bertz CT molecular complexity index is 520. The van der Waals surface area contributed by atoms with Gasteiger partial charge in [0.1, 0.15) is 5.82 Å². The summed E-state index contributed by atoms with van der Waals surface area (Å²) in [5, 5.41) is 0. The van der Waals surface area contributed by atoms with Gasteiger partial charge in [0.2, 0.25) is 5.92 Å². The Labute approximate surface area is 129 Å². The van der Waals surface area contributed by atoms with E-state index in [4.69, 9.17) is 9.47 Å². The lowest BCUT2D eigenvalue weighted by Gasteiger charge is -2.14. The van der Waals surface area contributed by atoms with Gasteiger partial charge in [-0.1, -0.05) is 6.07 Å². The van der Waals surface area contributed by atoms with E-state index in [-0.39, 0.29) is 23.2 Å². The van der Waals surface area contributed by atoms with Gasteiger partial charge >= 0.3 is 11.9 Å². The van der Waals surface area contributed by atoms with E-state index in [1.807, 2.05) is 0 Å². The SMILES string of the molecule is CCOC(=O)C(C(=O)OCC)C(=O)c1c(F)cccc1Br. The van der Waals surface area contributed by atoms with Crippen molar-refractivity contribution in [2.24, 2.45) is 5.92 Å². The molecule has 0 fully saturated rings. The van der Waals surface area contributed by atoms with E-state index in [1.54, 1.807) is 0 Å². The van der Waals surface area contributed by atoms with Crippen LogP contribution in [0.25, 0.3) is 0 Å². The van der Waals surface area contributed by atoms with Crippen LogP contribution in [0.15, 0.2) is 22.7 Å². The molecule has 0 aliphatic carbocycles. The van der Waals surface area contributed by atoms with Crippen LogP contribution in [0.4, 0.5) is 4.39 Å². The van der Waals surface area contributed by atoms with E-state index >= 15 is 0 Å². The molecular formula is C14H14BrFO5. The van der Waals surface area contributed by atoms with Crippen LogP contribution in [0.3, 0.4) is 0 Å². The van der Waals surface area contributed by atoms with Crippen molar-refractivity contribution in [2.75, 3.05) is 13.2 Å². The minimum Gasteiger partial charge on any atom is -0.465 e. The van der Waals surface area contributed by atoms with Crippen molar-refractivity contribution in [1.82, 2.24) is 0 Å². The molecule has 0 saturated heterocycles. The van der Waals surface area contributed by atoms with E-state index < -0.39 is 29.5 Å². The normalized spacial score (nSPS) is 10.3. The summed E-state index contributed by atoms with van der Waals surface area (Å²) in [5.41, 5.74) is -0.386. The highest BCUT2D eigenvalue weighted by Crippen LogP contribution is 2.24. The first-order valence-corrected chi connectivity index (χ1v) is 7.04. The maximum Gasteiger partial charge on any atom is 0.328 e. The van der Waals surface area contributed by atoms with Gasteiger partial charge in [0.15, 0.2) is 5.78 Å². The van der Waals surface area contributed by atoms with Crippen molar-refractivity contribution in [1.29, 1.82) is 0 Å². The molecule has 0 N–H and O–H groups in total. The van der Waals surface area contributed by atoms with Crippen LogP contribution in [0.2, 0.25) is 0 Å². The molecule has 0 unspecified atom stereocenters. The smallest absolute Gasteiger partial charge is 0.328 e. The quantitative estimate of drug-likeness (QED) is 0.442. The Morgan fingerprint density at radius 1 is 1.14 bits per heavy atom. The predicted molar refractivity (Wildman–Crippen MR) is 75.2 cm³/mol. The second kappa shape index (κ2) is 7.87. The number of esters is 2. The highest BCUT2D eigenvalue weighted by atomic mass is 79.9. The van der Waals surface area contributed by atoms with Gasteiger partial charge in [-0.05, 0) is 41.9 Å². The second-order valence-electron chi connectivity index (χ2n) is 3.90. The van der Waals surface area contributed by atoms with Crippen LogP contribution < -0.4 is 0 Å². The molecule has 1 aromatic carbocycles. The first-order chi connectivity index (χ1) is 9.93. The number of benzene rings is 1. The number of halogens is 2. The second-order valence-corrected chi connectivity index (χ2v) is 4.75. The van der Waals surface area contributed by atoms with E-state index in [0.29, 0.717) is 0 Å². The fraction of sp³-hybridized carbons (Fsp3) is 0.357. The summed E-state index contributed by atoms with van der Waals surface area (Å²) >= 11 is 3.03. The maximum atomic E-state index is 13.8. The summed E-state index contributed by atoms with van der Waals surface area (Å²) in [6, 6.07) is 3.88.